The molecule has 3 N–H and O–H groups in total. The highest BCUT2D eigenvalue weighted by molar-refractivity contribution is 5.97. The number of amides is 2. The molecule has 0 aliphatic carbocycles. The van der Waals surface area contributed by atoms with E-state index >= 15 is 0 Å². The number of benzene rings is 1. The highest BCUT2D eigenvalue weighted by Gasteiger charge is 2.28. The fourth-order valence-electron chi connectivity index (χ4n) is 2.64. The standard InChI is InChI=1S/C16H23N3O4/c1-22-10-11-23-14-5-3-2-4-13(14)16(21)19-8-6-12(7-9-19)15(20)18-17/h2-5,12H,6-11,17H2,1H3,(H,18,20). The average Bonchev–Trinajstić information content (AvgIpc) is 2.61. The number of nitrogens with one attached hydrogen (secondary N) is 1. The molecule has 23 heavy (non-hydrogen) atoms. The Morgan fingerprint density at radius 2 is 1.96 bits per heavy atom. The lowest BCUT2D eigenvalue weighted by Gasteiger charge is -2.31. The predicted molar refractivity (Wildman–Crippen MR) is 84.8 cm³/mol. The van der Waals surface area contributed by atoms with Gasteiger partial charge in [0.25, 0.3) is 5.91 Å². The van der Waals surface area contributed by atoms with Crippen LogP contribution in [0.2, 0.25) is 0 Å². The van der Waals surface area contributed by atoms with Crippen LogP contribution in [0.5, 0.6) is 5.75 Å². The minimum absolute atomic E-state index is 0.0791. The Kier molecular flexibility index (Phi) is 6.37. The summed E-state index contributed by atoms with van der Waals surface area (Å²) in [7, 11) is 1.60. The van der Waals surface area contributed by atoms with Crippen molar-refractivity contribution in [3.05, 3.63) is 29.8 Å². The largest absolute Gasteiger partial charge is 0.490 e. The number of hydrogen-bond donors (Lipinski definition) is 2. The molecule has 126 valence electrons. The summed E-state index contributed by atoms with van der Waals surface area (Å²) < 4.78 is 10.6. The van der Waals surface area contributed by atoms with Crippen LogP contribution in [-0.4, -0.2) is 50.1 Å². The van der Waals surface area contributed by atoms with Crippen molar-refractivity contribution in [1.29, 1.82) is 0 Å². The number of carbonyl (C=O) groups is 2. The molecule has 7 heteroatoms. The number of hydrogen-bond acceptors (Lipinski definition) is 5. The highest BCUT2D eigenvalue weighted by Crippen LogP contribution is 2.23. The number of para-hydroxylation sites is 1. The second-order valence-corrected chi connectivity index (χ2v) is 5.41. The quantitative estimate of drug-likeness (QED) is 0.345. The lowest BCUT2D eigenvalue weighted by molar-refractivity contribution is -0.126. The Morgan fingerprint density at radius 3 is 2.61 bits per heavy atom. The summed E-state index contributed by atoms with van der Waals surface area (Å²) in [5.74, 6) is 5.34. The van der Waals surface area contributed by atoms with Gasteiger partial charge in [0.15, 0.2) is 0 Å². The van der Waals surface area contributed by atoms with Crippen LogP contribution in [-0.2, 0) is 9.53 Å². The van der Waals surface area contributed by atoms with Crippen LogP contribution in [0.3, 0.4) is 0 Å². The van der Waals surface area contributed by atoms with Crippen molar-refractivity contribution in [2.24, 2.45) is 11.8 Å². The number of nitrogens with zero attached hydrogens (tertiary/aromatic N) is 1. The predicted octanol–water partition coefficient (Wildman–Crippen LogP) is 0.554. The number of hydrazine groups is 1. The molecular weight excluding hydrogens is 298 g/mol. The number of carbonyl (C=O) groups excluding carboxylic acids is 2. The molecule has 0 unspecified atom stereocenters. The van der Waals surface area contributed by atoms with Crippen molar-refractivity contribution < 1.29 is 19.1 Å². The van der Waals surface area contributed by atoms with Crippen LogP contribution in [0.4, 0.5) is 0 Å². The van der Waals surface area contributed by atoms with E-state index in [4.69, 9.17) is 15.3 Å². The molecule has 1 heterocycles. The molecule has 0 aromatic heterocycles. The smallest absolute Gasteiger partial charge is 0.257 e. The van der Waals surface area contributed by atoms with E-state index in [1.807, 2.05) is 12.1 Å². The molecular formula is C16H23N3O4. The van der Waals surface area contributed by atoms with E-state index in [1.54, 1.807) is 24.1 Å². The fourth-order valence-corrected chi connectivity index (χ4v) is 2.64. The van der Waals surface area contributed by atoms with Gasteiger partial charge in [-0.05, 0) is 25.0 Å². The van der Waals surface area contributed by atoms with Crippen LogP contribution in [0, 0.1) is 5.92 Å². The molecule has 1 aromatic rings. The van der Waals surface area contributed by atoms with Crippen molar-refractivity contribution in [3.63, 3.8) is 0 Å². The molecule has 7 nitrogen and oxygen atoms in total. The Balaban J connectivity index is 2.00. The molecule has 0 spiro atoms. The molecule has 1 saturated heterocycles. The van der Waals surface area contributed by atoms with E-state index in [2.05, 4.69) is 5.43 Å². The number of methoxy groups -OCH3 is 1. The number of nitrogens with two attached hydrogens (primary N) is 1. The second kappa shape index (κ2) is 8.50. The molecule has 1 aliphatic rings. The summed E-state index contributed by atoms with van der Waals surface area (Å²) in [5.41, 5.74) is 2.71. The molecule has 0 saturated carbocycles. The molecule has 1 aromatic carbocycles. The number of likely N-dealkylation sites (tertiary alicyclic amines) is 1. The minimum Gasteiger partial charge on any atom is -0.490 e. The molecule has 1 fully saturated rings. The maximum absolute atomic E-state index is 12.7. The van der Waals surface area contributed by atoms with Crippen molar-refractivity contribution in [2.75, 3.05) is 33.4 Å². The zero-order valence-corrected chi connectivity index (χ0v) is 13.3. The Labute approximate surface area is 135 Å². The van der Waals surface area contributed by atoms with Gasteiger partial charge in [0.2, 0.25) is 5.91 Å². The van der Waals surface area contributed by atoms with Gasteiger partial charge in [0.05, 0.1) is 12.2 Å². The SMILES string of the molecule is COCCOc1ccccc1C(=O)N1CCC(C(=O)NN)CC1. The molecule has 1 aliphatic heterocycles. The van der Waals surface area contributed by atoms with E-state index < -0.39 is 0 Å². The molecule has 0 bridgehead atoms. The Hall–Kier alpha value is -2.12. The topological polar surface area (TPSA) is 93.9 Å². The van der Waals surface area contributed by atoms with Crippen LogP contribution in [0.15, 0.2) is 24.3 Å². The summed E-state index contributed by atoms with van der Waals surface area (Å²) in [6, 6.07) is 7.17. The van der Waals surface area contributed by atoms with Crippen molar-refractivity contribution >= 4 is 11.8 Å². The van der Waals surface area contributed by atoms with E-state index in [0.717, 1.165) is 0 Å². The van der Waals surface area contributed by atoms with Gasteiger partial charge < -0.3 is 14.4 Å². The zero-order chi connectivity index (χ0) is 16.7. The first-order valence-electron chi connectivity index (χ1n) is 7.68. The van der Waals surface area contributed by atoms with E-state index in [1.165, 1.54) is 0 Å². The third-order valence-electron chi connectivity index (χ3n) is 3.96. The van der Waals surface area contributed by atoms with Crippen LogP contribution in [0.25, 0.3) is 0 Å². The lowest BCUT2D eigenvalue weighted by atomic mass is 9.95. The first-order valence-corrected chi connectivity index (χ1v) is 7.68. The number of ether oxygens (including phenoxy) is 2. The van der Waals surface area contributed by atoms with E-state index in [9.17, 15) is 9.59 Å². The summed E-state index contributed by atoms with van der Waals surface area (Å²) in [6.07, 6.45) is 1.23. The van der Waals surface area contributed by atoms with Gasteiger partial charge >= 0.3 is 0 Å². The third kappa shape index (κ3) is 4.43. The van der Waals surface area contributed by atoms with Crippen LogP contribution < -0.4 is 16.0 Å². The molecule has 0 radical (unpaired) electrons. The molecule has 2 amide bonds. The summed E-state index contributed by atoms with van der Waals surface area (Å²) in [5, 5.41) is 0. The van der Waals surface area contributed by atoms with Crippen LogP contribution >= 0.6 is 0 Å². The Bertz CT molecular complexity index is 542. The van der Waals surface area contributed by atoms with Gasteiger partial charge in [-0.25, -0.2) is 5.84 Å². The summed E-state index contributed by atoms with van der Waals surface area (Å²) in [4.78, 5) is 26.0. The first-order chi connectivity index (χ1) is 11.2. The average molecular weight is 321 g/mol. The van der Waals surface area contributed by atoms with Crippen molar-refractivity contribution in [1.82, 2.24) is 10.3 Å². The van der Waals surface area contributed by atoms with Gasteiger partial charge in [-0.15, -0.1) is 0 Å². The fraction of sp³-hybridized carbons (Fsp3) is 0.500. The van der Waals surface area contributed by atoms with Gasteiger partial charge in [0, 0.05) is 26.1 Å². The normalized spacial score (nSPS) is 15.3. The maximum Gasteiger partial charge on any atom is 0.257 e. The van der Waals surface area contributed by atoms with E-state index in [-0.39, 0.29) is 17.7 Å². The molecule has 0 atom stereocenters. The Morgan fingerprint density at radius 1 is 1.26 bits per heavy atom. The van der Waals surface area contributed by atoms with Crippen molar-refractivity contribution in [2.45, 2.75) is 12.8 Å². The van der Waals surface area contributed by atoms with Gasteiger partial charge in [-0.2, -0.15) is 0 Å². The zero-order valence-electron chi connectivity index (χ0n) is 13.3. The first kappa shape index (κ1) is 17.2. The van der Waals surface area contributed by atoms with Crippen LogP contribution in [0.1, 0.15) is 23.2 Å². The number of piperidine rings is 1. The molecule has 2 rings (SSSR count). The lowest BCUT2D eigenvalue weighted by Crippen LogP contribution is -2.44. The highest BCUT2D eigenvalue weighted by atomic mass is 16.5. The summed E-state index contributed by atoms with van der Waals surface area (Å²) in [6.45, 7) is 1.91. The van der Waals surface area contributed by atoms with Gasteiger partial charge in [-0.1, -0.05) is 12.1 Å². The van der Waals surface area contributed by atoms with Crippen molar-refractivity contribution in [3.8, 4) is 5.75 Å². The number of rotatable bonds is 6. The third-order valence-corrected chi connectivity index (χ3v) is 3.96. The van der Waals surface area contributed by atoms with E-state index in [0.29, 0.717) is 50.5 Å². The van der Waals surface area contributed by atoms with Gasteiger partial charge in [-0.3, -0.25) is 15.0 Å². The van der Waals surface area contributed by atoms with Gasteiger partial charge in [0.1, 0.15) is 12.4 Å². The minimum atomic E-state index is -0.166. The summed E-state index contributed by atoms with van der Waals surface area (Å²) >= 11 is 0. The second-order valence-electron chi connectivity index (χ2n) is 5.41. The maximum atomic E-state index is 12.7. The monoisotopic (exact) mass is 321 g/mol.